The number of benzene rings is 3. The Balaban J connectivity index is 0.00000140. The molecule has 0 unspecified atom stereocenters. The Kier molecular flexibility index (Phi) is 8.20. The highest BCUT2D eigenvalue weighted by atomic mass is 35.5. The van der Waals surface area contributed by atoms with Crippen molar-refractivity contribution in [1.29, 1.82) is 0 Å². The van der Waals surface area contributed by atoms with Crippen LogP contribution in [0.4, 0.5) is 0 Å². The molecule has 4 heteroatoms. The Hall–Kier alpha value is -2.18. The molecule has 0 amide bonds. The maximum Gasteiger partial charge on any atom is 0.116 e. The van der Waals surface area contributed by atoms with E-state index < -0.39 is 7.26 Å². The third kappa shape index (κ3) is 4.45. The molecule has 0 saturated carbocycles. The van der Waals surface area contributed by atoms with Crippen LogP contribution in [-0.2, 0) is 6.16 Å². The minimum Gasteiger partial charge on any atom is -1.00 e. The standard InChI is InChI=1S/C24H21NP.2ClH/c1-4-12-22(13-5-1)26(23-14-6-2-7-15-23,24-16-8-3-9-17-24)20-21-11-10-18-25-19-21;;/h1-19H,20H2;2*1H/q+1;;/p-1. The Morgan fingerprint density at radius 3 is 1.36 bits per heavy atom. The first-order valence-corrected chi connectivity index (χ1v) is 10.8. The van der Waals surface area contributed by atoms with Crippen molar-refractivity contribution >= 4 is 35.6 Å². The van der Waals surface area contributed by atoms with Gasteiger partial charge >= 0.3 is 0 Å². The zero-order valence-corrected chi connectivity index (χ0v) is 17.8. The van der Waals surface area contributed by atoms with Gasteiger partial charge in [-0.1, -0.05) is 60.7 Å². The summed E-state index contributed by atoms with van der Waals surface area (Å²) >= 11 is 0. The van der Waals surface area contributed by atoms with Crippen LogP contribution in [-0.4, -0.2) is 4.98 Å². The van der Waals surface area contributed by atoms with Crippen molar-refractivity contribution in [2.45, 2.75) is 6.16 Å². The first kappa shape index (κ1) is 22.1. The number of rotatable bonds is 5. The van der Waals surface area contributed by atoms with Crippen LogP contribution in [0.2, 0.25) is 0 Å². The van der Waals surface area contributed by atoms with Gasteiger partial charge in [-0.05, 0) is 42.5 Å². The first-order chi connectivity index (χ1) is 12.9. The molecule has 4 rings (SSSR count). The molecule has 0 aliphatic heterocycles. The lowest BCUT2D eigenvalue weighted by Crippen LogP contribution is -3.00. The average molecular weight is 426 g/mol. The predicted molar refractivity (Wildman–Crippen MR) is 120 cm³/mol. The van der Waals surface area contributed by atoms with E-state index in [0.717, 1.165) is 6.16 Å². The fourth-order valence-corrected chi connectivity index (χ4v) is 7.75. The van der Waals surface area contributed by atoms with Gasteiger partial charge in [-0.15, -0.1) is 12.4 Å². The molecule has 3 aromatic carbocycles. The zero-order valence-electron chi connectivity index (χ0n) is 15.4. The summed E-state index contributed by atoms with van der Waals surface area (Å²) < 4.78 is 0. The number of nitrogens with zero attached hydrogens (tertiary/aromatic N) is 1. The summed E-state index contributed by atoms with van der Waals surface area (Å²) in [7, 11) is -1.82. The minimum atomic E-state index is -1.82. The molecule has 28 heavy (non-hydrogen) atoms. The molecule has 0 aliphatic rings. The second-order valence-corrected chi connectivity index (χ2v) is 9.82. The third-order valence-corrected chi connectivity index (χ3v) is 9.11. The van der Waals surface area contributed by atoms with Gasteiger partial charge in [-0.2, -0.15) is 0 Å². The molecule has 0 bridgehead atoms. The molecule has 0 radical (unpaired) electrons. The van der Waals surface area contributed by atoms with Crippen molar-refractivity contribution in [2.75, 3.05) is 0 Å². The van der Waals surface area contributed by atoms with Gasteiger partial charge in [0.25, 0.3) is 0 Å². The fourth-order valence-electron chi connectivity index (χ4n) is 3.53. The van der Waals surface area contributed by atoms with Gasteiger partial charge in [0.15, 0.2) is 0 Å². The monoisotopic (exact) mass is 425 g/mol. The SMILES string of the molecule is Cl.[Cl-].c1ccc([P+](Cc2cccnc2)(c2ccccc2)c2ccccc2)cc1. The van der Waals surface area contributed by atoms with E-state index in [1.165, 1.54) is 21.5 Å². The summed E-state index contributed by atoms with van der Waals surface area (Å²) in [5.74, 6) is 0. The van der Waals surface area contributed by atoms with Gasteiger partial charge in [0.1, 0.15) is 23.2 Å². The number of hydrogen-bond acceptors (Lipinski definition) is 1. The number of pyridine rings is 1. The molecule has 0 N–H and O–H groups in total. The second-order valence-electron chi connectivity index (χ2n) is 6.34. The molecule has 0 spiro atoms. The van der Waals surface area contributed by atoms with Crippen molar-refractivity contribution in [3.63, 3.8) is 0 Å². The van der Waals surface area contributed by atoms with Gasteiger partial charge in [0, 0.05) is 18.0 Å². The Morgan fingerprint density at radius 2 is 1.00 bits per heavy atom. The van der Waals surface area contributed by atoms with E-state index in [1.54, 1.807) is 0 Å². The van der Waals surface area contributed by atoms with E-state index in [9.17, 15) is 0 Å². The quantitative estimate of drug-likeness (QED) is 0.445. The van der Waals surface area contributed by atoms with Crippen LogP contribution in [0.5, 0.6) is 0 Å². The fraction of sp³-hybridized carbons (Fsp3) is 0.0417. The molecule has 1 nitrogen and oxygen atoms in total. The molecule has 0 aliphatic carbocycles. The van der Waals surface area contributed by atoms with Crippen LogP contribution in [0.25, 0.3) is 0 Å². The largest absolute Gasteiger partial charge is 1.00 e. The van der Waals surface area contributed by atoms with E-state index in [4.69, 9.17) is 0 Å². The molecule has 0 fully saturated rings. The highest BCUT2D eigenvalue weighted by Crippen LogP contribution is 2.57. The average Bonchev–Trinajstić information content (AvgIpc) is 2.75. The summed E-state index contributed by atoms with van der Waals surface area (Å²) in [5, 5.41) is 4.21. The maximum atomic E-state index is 4.37. The predicted octanol–water partition coefficient (Wildman–Crippen LogP) is 2.00. The van der Waals surface area contributed by atoms with Crippen LogP contribution >= 0.6 is 19.7 Å². The molecular formula is C24H22Cl2NP. The number of aromatic nitrogens is 1. The van der Waals surface area contributed by atoms with Gasteiger partial charge in [0.2, 0.25) is 0 Å². The molecule has 1 heterocycles. The van der Waals surface area contributed by atoms with Crippen molar-refractivity contribution in [2.24, 2.45) is 0 Å². The summed E-state index contributed by atoms with van der Waals surface area (Å²) in [6, 6.07) is 37.1. The lowest BCUT2D eigenvalue weighted by atomic mass is 10.3. The topological polar surface area (TPSA) is 12.9 Å². The van der Waals surface area contributed by atoms with Crippen molar-refractivity contribution < 1.29 is 12.4 Å². The lowest BCUT2D eigenvalue weighted by Gasteiger charge is -2.27. The van der Waals surface area contributed by atoms with E-state index >= 15 is 0 Å². The van der Waals surface area contributed by atoms with Gasteiger partial charge < -0.3 is 12.4 Å². The Labute approximate surface area is 180 Å². The van der Waals surface area contributed by atoms with E-state index in [1.807, 2.05) is 18.5 Å². The Morgan fingerprint density at radius 1 is 0.571 bits per heavy atom. The summed E-state index contributed by atoms with van der Waals surface area (Å²) in [6.07, 6.45) is 4.82. The minimum absolute atomic E-state index is 0. The highest BCUT2D eigenvalue weighted by molar-refractivity contribution is 7.95. The summed E-state index contributed by atoms with van der Waals surface area (Å²) in [5.41, 5.74) is 1.28. The molecule has 0 atom stereocenters. The molecule has 4 aromatic rings. The normalized spacial score (nSPS) is 10.4. The van der Waals surface area contributed by atoms with Gasteiger partial charge in [0.05, 0.1) is 6.16 Å². The first-order valence-electron chi connectivity index (χ1n) is 8.83. The molecular weight excluding hydrogens is 404 g/mol. The van der Waals surface area contributed by atoms with E-state index in [-0.39, 0.29) is 24.8 Å². The van der Waals surface area contributed by atoms with Crippen LogP contribution in [0, 0.1) is 0 Å². The maximum absolute atomic E-state index is 4.37. The van der Waals surface area contributed by atoms with Gasteiger partial charge in [-0.25, -0.2) is 0 Å². The summed E-state index contributed by atoms with van der Waals surface area (Å²) in [4.78, 5) is 4.37. The Bertz CT molecular complexity index is 852. The molecule has 0 saturated heterocycles. The summed E-state index contributed by atoms with van der Waals surface area (Å²) in [6.45, 7) is 0. The van der Waals surface area contributed by atoms with E-state index in [2.05, 4.69) is 102 Å². The van der Waals surface area contributed by atoms with Crippen molar-refractivity contribution in [3.8, 4) is 0 Å². The number of hydrogen-bond donors (Lipinski definition) is 0. The van der Waals surface area contributed by atoms with Crippen LogP contribution in [0.15, 0.2) is 116 Å². The molecule has 142 valence electrons. The highest BCUT2D eigenvalue weighted by Gasteiger charge is 2.45. The zero-order chi connectivity index (χ0) is 17.7. The van der Waals surface area contributed by atoms with Crippen molar-refractivity contribution in [1.82, 2.24) is 4.98 Å². The van der Waals surface area contributed by atoms with Crippen molar-refractivity contribution in [3.05, 3.63) is 121 Å². The smallest absolute Gasteiger partial charge is 0.116 e. The third-order valence-electron chi connectivity index (χ3n) is 4.73. The lowest BCUT2D eigenvalue weighted by molar-refractivity contribution is -0.00000526. The molecule has 1 aromatic heterocycles. The van der Waals surface area contributed by atoms with Crippen LogP contribution in [0.1, 0.15) is 5.56 Å². The van der Waals surface area contributed by atoms with E-state index in [0.29, 0.717) is 0 Å². The van der Waals surface area contributed by atoms with Crippen LogP contribution < -0.4 is 28.3 Å². The van der Waals surface area contributed by atoms with Gasteiger partial charge in [-0.3, -0.25) is 4.98 Å². The second kappa shape index (κ2) is 10.4. The number of halogens is 2. The van der Waals surface area contributed by atoms with Crippen LogP contribution in [0.3, 0.4) is 0 Å².